The van der Waals surface area contributed by atoms with E-state index in [0.717, 1.165) is 11.4 Å². The number of methoxy groups -OCH3 is 1. The van der Waals surface area contributed by atoms with Gasteiger partial charge in [0.05, 0.1) is 31.2 Å². The Balaban J connectivity index is 1.61. The Morgan fingerprint density at radius 2 is 1.72 bits per heavy atom. The molecule has 0 aliphatic heterocycles. The van der Waals surface area contributed by atoms with Crippen molar-refractivity contribution in [2.45, 2.75) is 6.92 Å². The predicted octanol–water partition coefficient (Wildman–Crippen LogP) is 4.26. The molecule has 0 fully saturated rings. The molecule has 1 aromatic heterocycles. The van der Waals surface area contributed by atoms with Crippen molar-refractivity contribution in [2.24, 2.45) is 0 Å². The van der Waals surface area contributed by atoms with Gasteiger partial charge in [-0.15, -0.1) is 0 Å². The van der Waals surface area contributed by atoms with Gasteiger partial charge in [0.15, 0.2) is 0 Å². The van der Waals surface area contributed by atoms with E-state index in [0.29, 0.717) is 29.3 Å². The molecule has 3 aromatic rings. The Morgan fingerprint density at radius 3 is 2.38 bits per heavy atom. The van der Waals surface area contributed by atoms with Crippen LogP contribution < -0.4 is 15.4 Å². The Kier molecular flexibility index (Phi) is 6.42. The zero-order valence-electron chi connectivity index (χ0n) is 16.1. The molecule has 1 amide bonds. The first kappa shape index (κ1) is 19.9. The molecule has 0 spiro atoms. The number of nitrogens with one attached hydrogen (secondary N) is 2. The number of nitrogens with zero attached hydrogens (tertiary/aromatic N) is 1. The van der Waals surface area contributed by atoms with Gasteiger partial charge in [0.1, 0.15) is 11.6 Å². The lowest BCUT2D eigenvalue weighted by Gasteiger charge is -2.09. The molecular weight excluding hydrogens is 370 g/mol. The number of aromatic nitrogens is 1. The molecule has 0 saturated carbocycles. The van der Waals surface area contributed by atoms with Crippen LogP contribution in [-0.2, 0) is 4.74 Å². The van der Waals surface area contributed by atoms with Crippen molar-refractivity contribution in [2.75, 3.05) is 24.4 Å². The maximum absolute atomic E-state index is 12.3. The van der Waals surface area contributed by atoms with Gasteiger partial charge in [-0.25, -0.2) is 9.78 Å². The van der Waals surface area contributed by atoms with Crippen LogP contribution >= 0.6 is 0 Å². The molecule has 2 aromatic carbocycles. The largest absolute Gasteiger partial charge is 0.497 e. The van der Waals surface area contributed by atoms with Gasteiger partial charge >= 0.3 is 5.97 Å². The van der Waals surface area contributed by atoms with Gasteiger partial charge in [0, 0.05) is 11.3 Å². The van der Waals surface area contributed by atoms with Crippen molar-refractivity contribution in [1.82, 2.24) is 4.98 Å². The van der Waals surface area contributed by atoms with Gasteiger partial charge < -0.3 is 20.1 Å². The number of hydrogen-bond donors (Lipinski definition) is 2. The van der Waals surface area contributed by atoms with E-state index in [2.05, 4.69) is 15.6 Å². The third-order valence-electron chi connectivity index (χ3n) is 4.02. The zero-order chi connectivity index (χ0) is 20.6. The molecule has 0 atom stereocenters. The fourth-order valence-electron chi connectivity index (χ4n) is 2.57. The van der Waals surface area contributed by atoms with Crippen LogP contribution in [0.15, 0.2) is 66.9 Å². The highest BCUT2D eigenvalue weighted by Crippen LogP contribution is 2.19. The second-order valence-electron chi connectivity index (χ2n) is 6.04. The summed E-state index contributed by atoms with van der Waals surface area (Å²) >= 11 is 0. The molecule has 29 heavy (non-hydrogen) atoms. The van der Waals surface area contributed by atoms with E-state index < -0.39 is 0 Å². The number of benzene rings is 2. The summed E-state index contributed by atoms with van der Waals surface area (Å²) in [5, 5.41) is 5.93. The van der Waals surface area contributed by atoms with Gasteiger partial charge in [0.25, 0.3) is 5.91 Å². The van der Waals surface area contributed by atoms with Crippen molar-refractivity contribution in [3.63, 3.8) is 0 Å². The van der Waals surface area contributed by atoms with Crippen LogP contribution in [0.25, 0.3) is 0 Å². The van der Waals surface area contributed by atoms with Gasteiger partial charge in [0.2, 0.25) is 0 Å². The van der Waals surface area contributed by atoms with Gasteiger partial charge in [-0.1, -0.05) is 6.07 Å². The van der Waals surface area contributed by atoms with Crippen LogP contribution in [0.4, 0.5) is 17.2 Å². The van der Waals surface area contributed by atoms with Crippen molar-refractivity contribution in [3.8, 4) is 5.75 Å². The lowest BCUT2D eigenvalue weighted by Crippen LogP contribution is -2.12. The van der Waals surface area contributed by atoms with E-state index in [-0.39, 0.29) is 11.9 Å². The first-order valence-electron chi connectivity index (χ1n) is 9.04. The van der Waals surface area contributed by atoms with Crippen LogP contribution in [0.1, 0.15) is 27.6 Å². The summed E-state index contributed by atoms with van der Waals surface area (Å²) in [7, 11) is 1.55. The van der Waals surface area contributed by atoms with Crippen molar-refractivity contribution < 1.29 is 19.1 Å². The summed E-state index contributed by atoms with van der Waals surface area (Å²) in [5.41, 5.74) is 2.52. The average molecular weight is 391 g/mol. The van der Waals surface area contributed by atoms with E-state index in [4.69, 9.17) is 9.47 Å². The first-order chi connectivity index (χ1) is 14.1. The normalized spacial score (nSPS) is 10.1. The summed E-state index contributed by atoms with van der Waals surface area (Å²) in [6.45, 7) is 2.11. The standard InChI is InChI=1S/C22H21N3O4/c1-3-29-22(27)15-7-9-17(10-8-15)24-18-11-12-20(23-14-18)25-21(26)16-5-4-6-19(13-16)28-2/h4-14,24H,3H2,1-2H3,(H,23,25,26). The summed E-state index contributed by atoms with van der Waals surface area (Å²) < 4.78 is 10.1. The number of anilines is 3. The van der Waals surface area contributed by atoms with Gasteiger partial charge in [-0.3, -0.25) is 4.79 Å². The van der Waals surface area contributed by atoms with E-state index >= 15 is 0 Å². The van der Waals surface area contributed by atoms with Gasteiger partial charge in [-0.05, 0) is 61.5 Å². The first-order valence-corrected chi connectivity index (χ1v) is 9.04. The van der Waals surface area contributed by atoms with Crippen LogP contribution in [0.2, 0.25) is 0 Å². The third-order valence-corrected chi connectivity index (χ3v) is 4.02. The van der Waals surface area contributed by atoms with E-state index in [1.165, 1.54) is 0 Å². The molecule has 2 N–H and O–H groups in total. The summed E-state index contributed by atoms with van der Waals surface area (Å²) in [6, 6.07) is 17.3. The van der Waals surface area contributed by atoms with E-state index in [1.54, 1.807) is 80.9 Å². The minimum Gasteiger partial charge on any atom is -0.497 e. The molecule has 0 bridgehead atoms. The quantitative estimate of drug-likeness (QED) is 0.585. The number of rotatable bonds is 7. The third kappa shape index (κ3) is 5.32. The second-order valence-corrected chi connectivity index (χ2v) is 6.04. The lowest BCUT2D eigenvalue weighted by molar-refractivity contribution is 0.0526. The Labute approximate surface area is 168 Å². The second kappa shape index (κ2) is 9.36. The number of carbonyl (C=O) groups excluding carboxylic acids is 2. The lowest BCUT2D eigenvalue weighted by atomic mass is 10.2. The van der Waals surface area contributed by atoms with Crippen molar-refractivity contribution >= 4 is 29.1 Å². The number of hydrogen-bond acceptors (Lipinski definition) is 6. The molecule has 7 heteroatoms. The van der Waals surface area contributed by atoms with Crippen molar-refractivity contribution in [1.29, 1.82) is 0 Å². The highest BCUT2D eigenvalue weighted by Gasteiger charge is 2.08. The van der Waals surface area contributed by atoms with E-state index in [1.807, 2.05) is 0 Å². The monoisotopic (exact) mass is 391 g/mol. The van der Waals surface area contributed by atoms with Crippen LogP contribution in [-0.4, -0.2) is 30.6 Å². The molecule has 7 nitrogen and oxygen atoms in total. The van der Waals surface area contributed by atoms with Crippen molar-refractivity contribution in [3.05, 3.63) is 78.0 Å². The SMILES string of the molecule is CCOC(=O)c1ccc(Nc2ccc(NC(=O)c3cccc(OC)c3)nc2)cc1. The average Bonchev–Trinajstić information content (AvgIpc) is 2.76. The highest BCUT2D eigenvalue weighted by atomic mass is 16.5. The Hall–Kier alpha value is -3.87. The molecule has 0 unspecified atom stereocenters. The molecule has 0 saturated heterocycles. The molecule has 1 heterocycles. The predicted molar refractivity (Wildman–Crippen MR) is 111 cm³/mol. The molecule has 3 rings (SSSR count). The van der Waals surface area contributed by atoms with Crippen LogP contribution in [0.3, 0.4) is 0 Å². The summed E-state index contributed by atoms with van der Waals surface area (Å²) in [4.78, 5) is 28.3. The minimum atomic E-state index is -0.350. The minimum absolute atomic E-state index is 0.272. The molecule has 0 aliphatic rings. The fraction of sp³-hybridized carbons (Fsp3) is 0.136. The number of carbonyl (C=O) groups is 2. The fourth-order valence-corrected chi connectivity index (χ4v) is 2.57. The topological polar surface area (TPSA) is 89.6 Å². The van der Waals surface area contributed by atoms with Gasteiger partial charge in [-0.2, -0.15) is 0 Å². The van der Waals surface area contributed by atoms with Crippen LogP contribution in [0.5, 0.6) is 5.75 Å². The summed E-state index contributed by atoms with van der Waals surface area (Å²) in [5.74, 6) is 0.420. The molecule has 0 aliphatic carbocycles. The number of pyridine rings is 1. The highest BCUT2D eigenvalue weighted by molar-refractivity contribution is 6.04. The summed E-state index contributed by atoms with van der Waals surface area (Å²) in [6.07, 6.45) is 1.61. The Bertz CT molecular complexity index is 986. The smallest absolute Gasteiger partial charge is 0.338 e. The maximum atomic E-state index is 12.3. The van der Waals surface area contributed by atoms with E-state index in [9.17, 15) is 9.59 Å². The van der Waals surface area contributed by atoms with Crippen LogP contribution in [0, 0.1) is 0 Å². The molecule has 148 valence electrons. The molecule has 0 radical (unpaired) electrons. The maximum Gasteiger partial charge on any atom is 0.338 e. The molecular formula is C22H21N3O4. The number of esters is 1. The Morgan fingerprint density at radius 1 is 0.966 bits per heavy atom. The number of amides is 1. The number of ether oxygens (including phenoxy) is 2. The zero-order valence-corrected chi connectivity index (χ0v) is 16.1.